The summed E-state index contributed by atoms with van der Waals surface area (Å²) in [5.41, 5.74) is 7.51. The summed E-state index contributed by atoms with van der Waals surface area (Å²) in [7, 11) is 0. The zero-order valence-corrected chi connectivity index (χ0v) is 16.6. The normalized spacial score (nSPS) is 30.7. The number of hydrogen-bond donors (Lipinski definition) is 1. The molecule has 2 heteroatoms. The topological polar surface area (TPSA) is 37.3 Å². The van der Waals surface area contributed by atoms with Gasteiger partial charge in [0.25, 0.3) is 0 Å². The molecule has 1 aromatic carbocycles. The van der Waals surface area contributed by atoms with Crippen molar-refractivity contribution in [1.29, 1.82) is 0 Å². The van der Waals surface area contributed by atoms with Crippen molar-refractivity contribution >= 4 is 5.97 Å². The average molecular weight is 351 g/mol. The monoisotopic (exact) mass is 350 g/mol. The zero-order valence-electron chi connectivity index (χ0n) is 16.6. The quantitative estimate of drug-likeness (QED) is 0.723. The van der Waals surface area contributed by atoms with Gasteiger partial charge in [-0.05, 0) is 77.2 Å². The molecule has 0 amide bonds. The van der Waals surface area contributed by atoms with E-state index in [0.717, 1.165) is 12.8 Å². The van der Waals surface area contributed by atoms with E-state index >= 15 is 0 Å². The van der Waals surface area contributed by atoms with Crippen molar-refractivity contribution in [1.82, 2.24) is 0 Å². The van der Waals surface area contributed by atoms with Gasteiger partial charge in [0.15, 0.2) is 0 Å². The van der Waals surface area contributed by atoms with Gasteiger partial charge in [0.1, 0.15) is 0 Å². The summed E-state index contributed by atoms with van der Waals surface area (Å²) >= 11 is 0. The van der Waals surface area contributed by atoms with Crippen LogP contribution < -0.4 is 0 Å². The maximum absolute atomic E-state index is 11.0. The molecule has 0 aliphatic heterocycles. The maximum Gasteiger partial charge on any atom is 0.328 e. The van der Waals surface area contributed by atoms with Crippen LogP contribution in [0.2, 0.25) is 0 Å². The molecule has 0 aromatic heterocycles. The summed E-state index contributed by atoms with van der Waals surface area (Å²) in [6, 6.07) is 4.92. The summed E-state index contributed by atoms with van der Waals surface area (Å²) in [4.78, 5) is 11.0. The van der Waals surface area contributed by atoms with Gasteiger partial charge in [0, 0.05) is 11.5 Å². The van der Waals surface area contributed by atoms with E-state index in [4.69, 9.17) is 5.11 Å². The number of rotatable bonds is 3. The summed E-state index contributed by atoms with van der Waals surface area (Å²) in [5, 5.41) is 9.05. The summed E-state index contributed by atoms with van der Waals surface area (Å²) < 4.78 is 0. The number of carbonyl (C=O) groups is 1. The third kappa shape index (κ3) is 2.41. The maximum atomic E-state index is 11.0. The molecule has 2 unspecified atom stereocenters. The first-order chi connectivity index (χ1) is 12.1. The number of aryl methyl sites for hydroxylation is 1. The van der Waals surface area contributed by atoms with Gasteiger partial charge in [-0.1, -0.05) is 52.0 Å². The van der Waals surface area contributed by atoms with Gasteiger partial charge in [-0.3, -0.25) is 0 Å². The lowest BCUT2D eigenvalue weighted by Gasteiger charge is -2.43. The molecule has 1 aromatic rings. The Hall–Kier alpha value is -1.83. The second-order valence-electron chi connectivity index (χ2n) is 9.92. The van der Waals surface area contributed by atoms with Crippen LogP contribution >= 0.6 is 0 Å². The van der Waals surface area contributed by atoms with Gasteiger partial charge in [0.2, 0.25) is 0 Å². The zero-order chi connectivity index (χ0) is 18.9. The first-order valence-electron chi connectivity index (χ1n) is 9.86. The van der Waals surface area contributed by atoms with Crippen LogP contribution in [0.5, 0.6) is 0 Å². The number of aliphatic carboxylic acids is 1. The molecule has 0 bridgehead atoms. The molecule has 4 rings (SSSR count). The average Bonchev–Trinajstić information content (AvgIpc) is 3.17. The largest absolute Gasteiger partial charge is 0.478 e. The van der Waals surface area contributed by atoms with Crippen LogP contribution in [0.3, 0.4) is 0 Å². The van der Waals surface area contributed by atoms with Gasteiger partial charge in [0.05, 0.1) is 0 Å². The van der Waals surface area contributed by atoms with Gasteiger partial charge in [-0.2, -0.15) is 0 Å². The molecule has 0 spiro atoms. The van der Waals surface area contributed by atoms with Crippen LogP contribution in [0.4, 0.5) is 0 Å². The lowest BCUT2D eigenvalue weighted by molar-refractivity contribution is -0.131. The Kier molecular flexibility index (Phi) is 3.61. The molecule has 1 saturated carbocycles. The van der Waals surface area contributed by atoms with E-state index in [-0.39, 0.29) is 16.2 Å². The molecule has 1 N–H and O–H groups in total. The van der Waals surface area contributed by atoms with Crippen molar-refractivity contribution in [2.75, 3.05) is 0 Å². The molecule has 0 radical (unpaired) electrons. The Bertz CT molecular complexity index is 853. The molecule has 26 heavy (non-hydrogen) atoms. The molecule has 3 aliphatic rings. The molecule has 2 atom stereocenters. The Morgan fingerprint density at radius 2 is 1.69 bits per heavy atom. The standard InChI is InChI=1S/C24H30O2/c1-15-12-19-20(23(4,5)11-10-22(19,2)3)13-18(15)24-14-17(24)7-6-16(24)8-9-21(25)26/h6,8-9,12-13,17H,7,10-11,14H2,1-5H3,(H,25,26). The fourth-order valence-corrected chi connectivity index (χ4v) is 5.49. The molecule has 1 fully saturated rings. The van der Waals surface area contributed by atoms with E-state index in [1.54, 1.807) is 0 Å². The van der Waals surface area contributed by atoms with E-state index in [2.05, 4.69) is 52.8 Å². The number of hydrogen-bond acceptors (Lipinski definition) is 1. The fourth-order valence-electron chi connectivity index (χ4n) is 5.49. The Labute approximate surface area is 157 Å². The van der Waals surface area contributed by atoms with Gasteiger partial charge in [-0.25, -0.2) is 4.79 Å². The highest BCUT2D eigenvalue weighted by molar-refractivity contribution is 5.81. The lowest BCUT2D eigenvalue weighted by Crippen LogP contribution is -2.34. The number of fused-ring (bicyclic) bond motifs is 2. The van der Waals surface area contributed by atoms with E-state index in [1.807, 2.05) is 6.08 Å². The predicted octanol–water partition coefficient (Wildman–Crippen LogP) is 5.57. The fraction of sp³-hybridized carbons (Fsp3) is 0.542. The molecule has 0 heterocycles. The van der Waals surface area contributed by atoms with Crippen LogP contribution in [-0.2, 0) is 21.0 Å². The second-order valence-corrected chi connectivity index (χ2v) is 9.92. The summed E-state index contributed by atoms with van der Waals surface area (Å²) in [5.74, 6) is -0.220. The molecular weight excluding hydrogens is 320 g/mol. The van der Waals surface area contributed by atoms with E-state index < -0.39 is 5.97 Å². The summed E-state index contributed by atoms with van der Waals surface area (Å²) in [6.07, 6.45) is 10.1. The van der Waals surface area contributed by atoms with Crippen molar-refractivity contribution < 1.29 is 9.90 Å². The van der Waals surface area contributed by atoms with Gasteiger partial charge < -0.3 is 5.11 Å². The van der Waals surface area contributed by atoms with Gasteiger partial charge >= 0.3 is 5.97 Å². The van der Waals surface area contributed by atoms with Crippen molar-refractivity contribution in [3.05, 3.63) is 58.2 Å². The summed E-state index contributed by atoms with van der Waals surface area (Å²) in [6.45, 7) is 11.7. The second kappa shape index (κ2) is 5.34. The number of benzene rings is 1. The highest BCUT2D eigenvalue weighted by atomic mass is 16.4. The highest BCUT2D eigenvalue weighted by Gasteiger charge is 2.60. The van der Waals surface area contributed by atoms with Crippen LogP contribution in [0.25, 0.3) is 0 Å². The van der Waals surface area contributed by atoms with Crippen LogP contribution in [0.1, 0.15) is 75.6 Å². The van der Waals surface area contributed by atoms with Crippen molar-refractivity contribution in [2.24, 2.45) is 5.92 Å². The van der Waals surface area contributed by atoms with Crippen molar-refractivity contribution in [3.63, 3.8) is 0 Å². The Morgan fingerprint density at radius 3 is 2.27 bits per heavy atom. The first-order valence-corrected chi connectivity index (χ1v) is 9.86. The molecule has 0 saturated heterocycles. The van der Waals surface area contributed by atoms with Crippen LogP contribution in [0, 0.1) is 12.8 Å². The van der Waals surface area contributed by atoms with E-state index in [1.165, 1.54) is 46.7 Å². The number of allylic oxidation sites excluding steroid dienone is 3. The highest BCUT2D eigenvalue weighted by Crippen LogP contribution is 2.66. The molecular formula is C24H30O2. The SMILES string of the molecule is Cc1cc2c(cc1C13CC1CC=C3C=CC(=O)O)C(C)(C)CCC2(C)C. The third-order valence-electron chi connectivity index (χ3n) is 7.33. The minimum Gasteiger partial charge on any atom is -0.478 e. The number of carboxylic acid groups (broad SMARTS) is 1. The Morgan fingerprint density at radius 1 is 1.08 bits per heavy atom. The minimum absolute atomic E-state index is 0.0583. The van der Waals surface area contributed by atoms with E-state index in [0.29, 0.717) is 5.92 Å². The Balaban J connectivity index is 1.85. The van der Waals surface area contributed by atoms with Gasteiger partial charge in [-0.15, -0.1) is 0 Å². The predicted molar refractivity (Wildman–Crippen MR) is 106 cm³/mol. The first kappa shape index (κ1) is 17.6. The van der Waals surface area contributed by atoms with E-state index in [9.17, 15) is 4.79 Å². The lowest BCUT2D eigenvalue weighted by atomic mass is 9.62. The smallest absolute Gasteiger partial charge is 0.328 e. The van der Waals surface area contributed by atoms with Crippen molar-refractivity contribution in [3.8, 4) is 0 Å². The molecule has 2 nitrogen and oxygen atoms in total. The minimum atomic E-state index is -0.866. The van der Waals surface area contributed by atoms with Crippen LogP contribution in [0.15, 0.2) is 35.9 Å². The third-order valence-corrected chi connectivity index (χ3v) is 7.33. The number of carboxylic acids is 1. The molecule has 3 aliphatic carbocycles. The van der Waals surface area contributed by atoms with Crippen LogP contribution in [-0.4, -0.2) is 11.1 Å². The van der Waals surface area contributed by atoms with Crippen molar-refractivity contribution in [2.45, 2.75) is 76.5 Å². The molecule has 138 valence electrons.